The maximum absolute atomic E-state index is 12.1. The summed E-state index contributed by atoms with van der Waals surface area (Å²) in [6.45, 7) is 1.04. The van der Waals surface area contributed by atoms with Crippen molar-refractivity contribution in [3.05, 3.63) is 18.0 Å². The van der Waals surface area contributed by atoms with Crippen molar-refractivity contribution in [1.29, 1.82) is 0 Å². The molecule has 0 saturated heterocycles. The van der Waals surface area contributed by atoms with Gasteiger partial charge in [0.05, 0.1) is 0 Å². The lowest BCUT2D eigenvalue weighted by Crippen LogP contribution is -2.27. The molecule has 2 rings (SSSR count). The van der Waals surface area contributed by atoms with Crippen LogP contribution in [0.2, 0.25) is 0 Å². The van der Waals surface area contributed by atoms with E-state index in [1.165, 1.54) is 12.3 Å². The highest BCUT2D eigenvalue weighted by Gasteiger charge is 2.29. The summed E-state index contributed by atoms with van der Waals surface area (Å²) in [6.07, 6.45) is 4.03. The number of methoxy groups -OCH3 is 1. The second-order valence-corrected chi connectivity index (χ2v) is 7.31. The molecular weight excluding hydrogens is 304 g/mol. The van der Waals surface area contributed by atoms with Gasteiger partial charge >= 0.3 is 0 Å². The number of ether oxygens (including phenoxy) is 1. The number of hydrogen-bond donors (Lipinski definition) is 1. The number of hydrogen-bond acceptors (Lipinski definition) is 4. The van der Waals surface area contributed by atoms with Crippen molar-refractivity contribution >= 4 is 25.6 Å². The van der Waals surface area contributed by atoms with Crippen molar-refractivity contribution in [2.75, 3.05) is 20.3 Å². The van der Waals surface area contributed by atoms with Crippen molar-refractivity contribution in [3.8, 4) is 0 Å². The fraction of sp³-hybridized carbons (Fsp3) is 0.583. The molecule has 1 fully saturated rings. The van der Waals surface area contributed by atoms with Crippen LogP contribution in [0.15, 0.2) is 17.2 Å². The Kier molecular flexibility index (Phi) is 4.72. The third kappa shape index (κ3) is 3.74. The van der Waals surface area contributed by atoms with Crippen LogP contribution in [0, 0.1) is 0 Å². The first-order valence-electron chi connectivity index (χ1n) is 6.37. The van der Waals surface area contributed by atoms with E-state index in [2.05, 4.69) is 5.32 Å². The second kappa shape index (κ2) is 6.15. The van der Waals surface area contributed by atoms with Gasteiger partial charge in [-0.25, -0.2) is 8.42 Å². The standard InChI is InChI=1S/C12H17ClN2O4S/c1-19-6-2-5-14-12(16)11-7-10(20(13,17)18)8-15(11)9-3-4-9/h7-9H,2-6H2,1H3,(H,14,16). The number of nitrogens with zero attached hydrogens (tertiary/aromatic N) is 1. The van der Waals surface area contributed by atoms with Crippen molar-refractivity contribution in [3.63, 3.8) is 0 Å². The van der Waals surface area contributed by atoms with Crippen LogP contribution in [0.3, 0.4) is 0 Å². The third-order valence-electron chi connectivity index (χ3n) is 3.09. The minimum atomic E-state index is -3.82. The van der Waals surface area contributed by atoms with Gasteiger partial charge in [-0.05, 0) is 25.3 Å². The molecule has 1 aliphatic rings. The Morgan fingerprint density at radius 2 is 2.25 bits per heavy atom. The molecule has 1 amide bonds. The first kappa shape index (κ1) is 15.3. The van der Waals surface area contributed by atoms with Crippen LogP contribution in [-0.2, 0) is 13.8 Å². The average molecular weight is 321 g/mol. The lowest BCUT2D eigenvalue weighted by atomic mass is 10.3. The van der Waals surface area contributed by atoms with Crippen molar-refractivity contribution in [1.82, 2.24) is 9.88 Å². The van der Waals surface area contributed by atoms with E-state index in [9.17, 15) is 13.2 Å². The van der Waals surface area contributed by atoms with Gasteiger partial charge in [-0.1, -0.05) is 0 Å². The van der Waals surface area contributed by atoms with Crippen LogP contribution in [0.1, 0.15) is 35.8 Å². The van der Waals surface area contributed by atoms with E-state index in [0.29, 0.717) is 25.3 Å². The molecule has 8 heteroatoms. The Morgan fingerprint density at radius 1 is 1.55 bits per heavy atom. The Hall–Kier alpha value is -1.05. The van der Waals surface area contributed by atoms with Crippen LogP contribution in [0.5, 0.6) is 0 Å². The Balaban J connectivity index is 2.13. The molecule has 1 saturated carbocycles. The molecule has 1 N–H and O–H groups in total. The topological polar surface area (TPSA) is 77.4 Å². The molecule has 112 valence electrons. The maximum atomic E-state index is 12.1. The smallest absolute Gasteiger partial charge is 0.267 e. The van der Waals surface area contributed by atoms with E-state index in [0.717, 1.165) is 12.8 Å². The first-order valence-corrected chi connectivity index (χ1v) is 8.68. The monoisotopic (exact) mass is 320 g/mol. The first-order chi connectivity index (χ1) is 9.43. The number of carbonyl (C=O) groups is 1. The summed E-state index contributed by atoms with van der Waals surface area (Å²) < 4.78 is 29.3. The molecule has 1 aliphatic carbocycles. The van der Waals surface area contributed by atoms with E-state index >= 15 is 0 Å². The van der Waals surface area contributed by atoms with Crippen LogP contribution >= 0.6 is 10.7 Å². The lowest BCUT2D eigenvalue weighted by molar-refractivity contribution is 0.0939. The summed E-state index contributed by atoms with van der Waals surface area (Å²) in [6, 6.07) is 1.52. The Bertz CT molecular complexity index is 593. The number of aromatic nitrogens is 1. The zero-order valence-electron chi connectivity index (χ0n) is 11.1. The highest BCUT2D eigenvalue weighted by Crippen LogP contribution is 2.37. The SMILES string of the molecule is COCCCNC(=O)c1cc(S(=O)(=O)Cl)cn1C1CC1. The normalized spacial score (nSPS) is 15.3. The largest absolute Gasteiger partial charge is 0.385 e. The van der Waals surface area contributed by atoms with Gasteiger partial charge in [0.2, 0.25) is 0 Å². The van der Waals surface area contributed by atoms with E-state index in [4.69, 9.17) is 15.4 Å². The number of nitrogens with one attached hydrogen (secondary N) is 1. The minimum Gasteiger partial charge on any atom is -0.385 e. The quantitative estimate of drug-likeness (QED) is 0.610. The van der Waals surface area contributed by atoms with Crippen molar-refractivity contribution in [2.24, 2.45) is 0 Å². The molecule has 1 heterocycles. The number of halogens is 1. The molecule has 0 atom stereocenters. The van der Waals surface area contributed by atoms with Gasteiger partial charge in [-0.3, -0.25) is 4.79 Å². The minimum absolute atomic E-state index is 0.0342. The van der Waals surface area contributed by atoms with E-state index in [1.807, 2.05) is 0 Å². The maximum Gasteiger partial charge on any atom is 0.267 e. The zero-order valence-corrected chi connectivity index (χ0v) is 12.7. The molecule has 0 aliphatic heterocycles. The average Bonchev–Trinajstić information content (AvgIpc) is 3.11. The fourth-order valence-corrected chi connectivity index (χ4v) is 2.68. The molecule has 0 aromatic carbocycles. The molecule has 0 spiro atoms. The molecule has 0 bridgehead atoms. The molecule has 0 radical (unpaired) electrons. The van der Waals surface area contributed by atoms with Crippen molar-refractivity contribution in [2.45, 2.75) is 30.2 Å². The van der Waals surface area contributed by atoms with Crippen LogP contribution < -0.4 is 5.32 Å². The molecule has 1 aromatic heterocycles. The predicted molar refractivity (Wildman–Crippen MR) is 74.6 cm³/mol. The van der Waals surface area contributed by atoms with Crippen LogP contribution in [0.4, 0.5) is 0 Å². The van der Waals surface area contributed by atoms with Gasteiger partial charge < -0.3 is 14.6 Å². The number of rotatable bonds is 7. The summed E-state index contributed by atoms with van der Waals surface area (Å²) in [5.41, 5.74) is 0.337. The second-order valence-electron chi connectivity index (χ2n) is 4.74. The fourth-order valence-electron chi connectivity index (χ4n) is 1.93. The Morgan fingerprint density at radius 3 is 2.80 bits per heavy atom. The summed E-state index contributed by atoms with van der Waals surface area (Å²) >= 11 is 0. The van der Waals surface area contributed by atoms with Gasteiger partial charge in [0.15, 0.2) is 0 Å². The number of carbonyl (C=O) groups excluding carboxylic acids is 1. The third-order valence-corrected chi connectivity index (χ3v) is 4.41. The Labute approximate surface area is 122 Å². The van der Waals surface area contributed by atoms with Crippen LogP contribution in [0.25, 0.3) is 0 Å². The van der Waals surface area contributed by atoms with E-state index in [-0.39, 0.29) is 16.8 Å². The van der Waals surface area contributed by atoms with Gasteiger partial charge in [0.1, 0.15) is 10.6 Å². The van der Waals surface area contributed by atoms with Gasteiger partial charge in [-0.2, -0.15) is 0 Å². The number of amides is 1. The van der Waals surface area contributed by atoms with Gasteiger partial charge in [0.25, 0.3) is 15.0 Å². The summed E-state index contributed by atoms with van der Waals surface area (Å²) in [5, 5.41) is 2.74. The summed E-state index contributed by atoms with van der Waals surface area (Å²) in [5.74, 6) is -0.292. The van der Waals surface area contributed by atoms with Gasteiger partial charge in [0, 0.05) is 43.2 Å². The molecule has 1 aromatic rings. The summed E-state index contributed by atoms with van der Waals surface area (Å²) in [7, 11) is 3.10. The lowest BCUT2D eigenvalue weighted by Gasteiger charge is -2.08. The van der Waals surface area contributed by atoms with E-state index in [1.54, 1.807) is 11.7 Å². The highest BCUT2D eigenvalue weighted by atomic mass is 35.7. The molecule has 20 heavy (non-hydrogen) atoms. The highest BCUT2D eigenvalue weighted by molar-refractivity contribution is 8.13. The summed E-state index contributed by atoms with van der Waals surface area (Å²) in [4.78, 5) is 12.1. The predicted octanol–water partition coefficient (Wildman–Crippen LogP) is 1.52. The van der Waals surface area contributed by atoms with Crippen molar-refractivity contribution < 1.29 is 17.9 Å². The molecule has 6 nitrogen and oxygen atoms in total. The van der Waals surface area contributed by atoms with Crippen LogP contribution in [-0.4, -0.2) is 39.2 Å². The molecule has 0 unspecified atom stereocenters. The van der Waals surface area contributed by atoms with E-state index < -0.39 is 9.05 Å². The molecular formula is C12H17ClN2O4S. The zero-order chi connectivity index (χ0) is 14.8. The van der Waals surface area contributed by atoms with Gasteiger partial charge in [-0.15, -0.1) is 0 Å².